The van der Waals surface area contributed by atoms with Crippen molar-refractivity contribution in [2.75, 3.05) is 18.2 Å². The first kappa shape index (κ1) is 21.2. The Morgan fingerprint density at radius 2 is 2.00 bits per heavy atom. The summed E-state index contributed by atoms with van der Waals surface area (Å²) in [4.78, 5) is 24.0. The molecule has 1 aromatic heterocycles. The highest BCUT2D eigenvalue weighted by molar-refractivity contribution is 8.01. The summed E-state index contributed by atoms with van der Waals surface area (Å²) in [5, 5.41) is 14.8. The molecular formula is C18H24N4O3S2. The first-order valence-corrected chi connectivity index (χ1v) is 10.4. The number of thioether (sulfide) groups is 1. The van der Waals surface area contributed by atoms with Gasteiger partial charge in [0.1, 0.15) is 6.04 Å². The predicted molar refractivity (Wildman–Crippen MR) is 108 cm³/mol. The van der Waals surface area contributed by atoms with Crippen LogP contribution in [0.5, 0.6) is 0 Å². The quantitative estimate of drug-likeness (QED) is 0.461. The van der Waals surface area contributed by atoms with Gasteiger partial charge >= 0.3 is 5.97 Å². The summed E-state index contributed by atoms with van der Waals surface area (Å²) < 4.78 is 5.47. The highest BCUT2D eigenvalue weighted by Crippen LogP contribution is 2.25. The number of ether oxygens (including phenoxy) is 1. The van der Waals surface area contributed by atoms with Crippen molar-refractivity contribution >= 4 is 40.1 Å². The Hall–Kier alpha value is -2.13. The van der Waals surface area contributed by atoms with Gasteiger partial charge in [0.2, 0.25) is 11.0 Å². The molecule has 2 N–H and O–H groups in total. The first-order chi connectivity index (χ1) is 13.0. The predicted octanol–water partition coefficient (Wildman–Crippen LogP) is 2.95. The summed E-state index contributed by atoms with van der Waals surface area (Å²) in [6.45, 7) is 4.54. The van der Waals surface area contributed by atoms with Gasteiger partial charge < -0.3 is 15.4 Å². The number of amides is 1. The number of carbonyl (C=O) groups is 2. The molecular weight excluding hydrogens is 384 g/mol. The lowest BCUT2D eigenvalue weighted by molar-refractivity contribution is -0.146. The molecule has 0 fully saturated rings. The van der Waals surface area contributed by atoms with Gasteiger partial charge in [0.25, 0.3) is 0 Å². The van der Waals surface area contributed by atoms with E-state index in [0.29, 0.717) is 16.0 Å². The van der Waals surface area contributed by atoms with E-state index in [9.17, 15) is 9.59 Å². The molecule has 0 spiro atoms. The van der Waals surface area contributed by atoms with Crippen LogP contribution in [0.2, 0.25) is 0 Å². The third kappa shape index (κ3) is 6.84. The van der Waals surface area contributed by atoms with Crippen LogP contribution in [0.4, 0.5) is 5.13 Å². The lowest BCUT2D eigenvalue weighted by atomic mass is 9.99. The molecule has 0 saturated carbocycles. The molecule has 1 aromatic carbocycles. The number of nitrogens with one attached hydrogen (secondary N) is 2. The summed E-state index contributed by atoms with van der Waals surface area (Å²) in [6, 6.07) is 9.37. The number of anilines is 1. The Kier molecular flexibility index (Phi) is 8.53. The van der Waals surface area contributed by atoms with Crippen LogP contribution in [0.25, 0.3) is 0 Å². The summed E-state index contributed by atoms with van der Waals surface area (Å²) >= 11 is 2.69. The Balaban J connectivity index is 1.81. The fraction of sp³-hybridized carbons (Fsp3) is 0.444. The largest absolute Gasteiger partial charge is 0.467 e. The van der Waals surface area contributed by atoms with E-state index >= 15 is 0 Å². The second kappa shape index (κ2) is 10.9. The fourth-order valence-corrected chi connectivity index (χ4v) is 3.81. The van der Waals surface area contributed by atoms with Gasteiger partial charge in [0.05, 0.1) is 12.9 Å². The van der Waals surface area contributed by atoms with Gasteiger partial charge in [-0.2, -0.15) is 0 Å². The van der Waals surface area contributed by atoms with Crippen molar-refractivity contribution in [3.8, 4) is 0 Å². The second-order valence-electron chi connectivity index (χ2n) is 5.95. The first-order valence-electron chi connectivity index (χ1n) is 8.64. The molecule has 0 radical (unpaired) electrons. The minimum atomic E-state index is -0.634. The average molecular weight is 409 g/mol. The van der Waals surface area contributed by atoms with E-state index in [4.69, 9.17) is 4.74 Å². The van der Waals surface area contributed by atoms with Gasteiger partial charge in [-0.1, -0.05) is 73.7 Å². The summed E-state index contributed by atoms with van der Waals surface area (Å²) in [7, 11) is 1.32. The molecule has 2 atom stereocenters. The van der Waals surface area contributed by atoms with Crippen molar-refractivity contribution < 1.29 is 14.3 Å². The Morgan fingerprint density at radius 3 is 2.67 bits per heavy atom. The van der Waals surface area contributed by atoms with Crippen LogP contribution in [0.3, 0.4) is 0 Å². The van der Waals surface area contributed by atoms with Crippen LogP contribution in [-0.2, 0) is 20.9 Å². The topological polar surface area (TPSA) is 93.2 Å². The SMILES string of the molecule is CCC(C)C(NC(=O)CSc1nnc(NCc2ccccc2)s1)C(=O)OC. The third-order valence-corrected chi connectivity index (χ3v) is 6.02. The maximum absolute atomic E-state index is 12.2. The van der Waals surface area contributed by atoms with E-state index in [1.807, 2.05) is 44.2 Å². The standard InChI is InChI=1S/C18H24N4O3S2/c1-4-12(2)15(16(24)25-3)20-14(23)11-26-18-22-21-17(27-18)19-10-13-8-6-5-7-9-13/h5-9,12,15H,4,10-11H2,1-3H3,(H,19,21)(H,20,23). The minimum absolute atomic E-state index is 0.00159. The van der Waals surface area contributed by atoms with Crippen LogP contribution in [0.1, 0.15) is 25.8 Å². The van der Waals surface area contributed by atoms with Crippen LogP contribution >= 0.6 is 23.1 Å². The van der Waals surface area contributed by atoms with Crippen molar-refractivity contribution in [1.29, 1.82) is 0 Å². The molecule has 9 heteroatoms. The normalized spacial score (nSPS) is 12.9. The number of benzene rings is 1. The van der Waals surface area contributed by atoms with Crippen molar-refractivity contribution in [2.24, 2.45) is 5.92 Å². The molecule has 0 aliphatic carbocycles. The van der Waals surface area contributed by atoms with E-state index in [0.717, 1.165) is 12.0 Å². The van der Waals surface area contributed by atoms with Gasteiger partial charge in [0, 0.05) is 6.54 Å². The number of methoxy groups -OCH3 is 1. The smallest absolute Gasteiger partial charge is 0.328 e. The Bertz CT molecular complexity index is 739. The van der Waals surface area contributed by atoms with Crippen molar-refractivity contribution in [2.45, 2.75) is 37.2 Å². The third-order valence-electron chi connectivity index (χ3n) is 4.00. The zero-order chi connectivity index (χ0) is 19.6. The number of hydrogen-bond acceptors (Lipinski definition) is 8. The van der Waals surface area contributed by atoms with E-state index in [1.54, 1.807) is 0 Å². The molecule has 1 amide bonds. The molecule has 2 unspecified atom stereocenters. The molecule has 0 saturated heterocycles. The Morgan fingerprint density at radius 1 is 1.26 bits per heavy atom. The number of aromatic nitrogens is 2. The van der Waals surface area contributed by atoms with Crippen molar-refractivity contribution in [1.82, 2.24) is 15.5 Å². The molecule has 146 valence electrons. The summed E-state index contributed by atoms with van der Waals surface area (Å²) in [6.07, 6.45) is 0.764. The number of esters is 1. The maximum atomic E-state index is 12.2. The zero-order valence-corrected chi connectivity index (χ0v) is 17.2. The van der Waals surface area contributed by atoms with Gasteiger partial charge in [-0.25, -0.2) is 4.79 Å². The lowest BCUT2D eigenvalue weighted by Crippen LogP contribution is -2.46. The maximum Gasteiger partial charge on any atom is 0.328 e. The van der Waals surface area contributed by atoms with Gasteiger partial charge in [-0.3, -0.25) is 4.79 Å². The van der Waals surface area contributed by atoms with Crippen LogP contribution in [0.15, 0.2) is 34.7 Å². The van der Waals surface area contributed by atoms with E-state index < -0.39 is 12.0 Å². The molecule has 1 heterocycles. The zero-order valence-electron chi connectivity index (χ0n) is 15.6. The average Bonchev–Trinajstić information content (AvgIpc) is 3.16. The highest BCUT2D eigenvalue weighted by atomic mass is 32.2. The second-order valence-corrected chi connectivity index (χ2v) is 8.15. The number of rotatable bonds is 10. The van der Waals surface area contributed by atoms with E-state index in [1.165, 1.54) is 30.2 Å². The lowest BCUT2D eigenvalue weighted by Gasteiger charge is -2.21. The molecule has 2 aromatic rings. The van der Waals surface area contributed by atoms with Crippen molar-refractivity contribution in [3.63, 3.8) is 0 Å². The number of carbonyl (C=O) groups excluding carboxylic acids is 2. The van der Waals surface area contributed by atoms with Gasteiger partial charge in [-0.15, -0.1) is 10.2 Å². The summed E-state index contributed by atoms with van der Waals surface area (Å²) in [5.41, 5.74) is 1.15. The summed E-state index contributed by atoms with van der Waals surface area (Å²) in [5.74, 6) is -0.491. The van der Waals surface area contributed by atoms with Crippen LogP contribution in [-0.4, -0.2) is 41.0 Å². The van der Waals surface area contributed by atoms with Gasteiger partial charge in [0.15, 0.2) is 4.34 Å². The highest BCUT2D eigenvalue weighted by Gasteiger charge is 2.26. The molecule has 0 aliphatic rings. The fourth-order valence-electron chi connectivity index (χ4n) is 2.25. The molecule has 27 heavy (non-hydrogen) atoms. The molecule has 0 aliphatic heterocycles. The minimum Gasteiger partial charge on any atom is -0.467 e. The Labute approximate surface area is 167 Å². The molecule has 2 rings (SSSR count). The van der Waals surface area contributed by atoms with Crippen LogP contribution < -0.4 is 10.6 Å². The number of hydrogen-bond donors (Lipinski definition) is 2. The monoisotopic (exact) mass is 408 g/mol. The molecule has 0 bridgehead atoms. The number of nitrogens with zero attached hydrogens (tertiary/aromatic N) is 2. The van der Waals surface area contributed by atoms with E-state index in [-0.39, 0.29) is 17.6 Å². The molecule has 7 nitrogen and oxygen atoms in total. The van der Waals surface area contributed by atoms with Crippen LogP contribution in [0, 0.1) is 5.92 Å². The van der Waals surface area contributed by atoms with Gasteiger partial charge in [-0.05, 0) is 11.5 Å². The van der Waals surface area contributed by atoms with Crippen molar-refractivity contribution in [3.05, 3.63) is 35.9 Å². The van der Waals surface area contributed by atoms with E-state index in [2.05, 4.69) is 20.8 Å².